The first-order chi connectivity index (χ1) is 9.12. The number of hydrogen-bond acceptors (Lipinski definition) is 0. The van der Waals surface area contributed by atoms with Crippen molar-refractivity contribution in [1.82, 2.24) is 0 Å². The number of rotatable bonds is 3. The molecule has 0 aliphatic heterocycles. The quantitative estimate of drug-likeness (QED) is 0.355. The Hall–Kier alpha value is 0.581. The minimum atomic E-state index is -2.76. The lowest BCUT2D eigenvalue weighted by atomic mass is 10.2. The Labute approximate surface area is 143 Å². The van der Waals surface area contributed by atoms with Crippen molar-refractivity contribution in [3.05, 3.63) is 0 Å². The van der Waals surface area contributed by atoms with E-state index in [1.807, 2.05) is 13.1 Å². The zero-order chi connectivity index (χ0) is 18.6. The van der Waals surface area contributed by atoms with Gasteiger partial charge in [-0.3, -0.25) is 0 Å². The second-order valence-electron chi connectivity index (χ2n) is 11.9. The highest BCUT2D eigenvalue weighted by Crippen LogP contribution is 2.69. The van der Waals surface area contributed by atoms with Gasteiger partial charge in [0.05, 0.1) is 8.07 Å². The summed E-state index contributed by atoms with van der Waals surface area (Å²) in [5.74, 6) is 0. The van der Waals surface area contributed by atoms with Gasteiger partial charge in [-0.1, -0.05) is 82.0 Å². The Morgan fingerprint density at radius 2 is 0.818 bits per heavy atom. The third-order valence-electron chi connectivity index (χ3n) is 5.53. The average molecular weight is 363 g/mol. The summed E-state index contributed by atoms with van der Waals surface area (Å²) in [6.07, 6.45) is 0. The fourth-order valence-corrected chi connectivity index (χ4v) is 41.6. The van der Waals surface area contributed by atoms with E-state index in [4.69, 9.17) is 0 Å². The predicted octanol–water partition coefficient (Wildman–Crippen LogP) is 7.80. The molecule has 4 heteroatoms. The first-order valence-electron chi connectivity index (χ1n) is 8.81. The van der Waals surface area contributed by atoms with Crippen molar-refractivity contribution >= 4 is 24.6 Å². The smallest absolute Gasteiger partial charge is 0.238 e. The largest absolute Gasteiger partial charge is 0.315 e. The maximum absolute atomic E-state index is 15.8. The summed E-state index contributed by atoms with van der Waals surface area (Å²) < 4.78 is 15.8. The number of hydrogen-bond donors (Lipinski definition) is 0. The van der Waals surface area contributed by atoms with E-state index in [-0.39, 0.29) is 15.1 Å². The molecule has 0 rings (SSSR count). The van der Waals surface area contributed by atoms with Gasteiger partial charge in [0.15, 0.2) is 0 Å². The van der Waals surface area contributed by atoms with Crippen LogP contribution in [0, 0.1) is 0 Å². The van der Waals surface area contributed by atoms with Crippen molar-refractivity contribution in [2.24, 2.45) is 0 Å². The van der Waals surface area contributed by atoms with Crippen LogP contribution in [-0.4, -0.2) is 24.6 Å². The van der Waals surface area contributed by atoms with Crippen LogP contribution >= 0.6 is 0 Å². The van der Waals surface area contributed by atoms with Gasteiger partial charge >= 0.3 is 0 Å². The SMILES string of the molecule is CC(C)(C)[Si](C([Si](C)(C)C)[Si](C)(C)F)(C(C)(C)C)C(C)(C)C. The Balaban J connectivity index is 7.05. The molecule has 22 heavy (non-hydrogen) atoms. The highest BCUT2D eigenvalue weighted by molar-refractivity contribution is 7.14. The van der Waals surface area contributed by atoms with Crippen molar-refractivity contribution in [2.75, 3.05) is 0 Å². The first kappa shape index (κ1) is 22.6. The van der Waals surface area contributed by atoms with E-state index >= 15 is 4.11 Å². The molecule has 1 unspecified atom stereocenters. The molecule has 0 aromatic carbocycles. The molecule has 0 fully saturated rings. The minimum Gasteiger partial charge on any atom is -0.315 e. The third kappa shape index (κ3) is 3.80. The third-order valence-corrected chi connectivity index (χ3v) is 28.5. The van der Waals surface area contributed by atoms with Gasteiger partial charge in [-0.25, -0.2) is 0 Å². The molecule has 1 atom stereocenters. The van der Waals surface area contributed by atoms with Crippen LogP contribution < -0.4 is 0 Å². The molecular weight excluding hydrogens is 319 g/mol. The molecule has 0 radical (unpaired) electrons. The highest BCUT2D eigenvalue weighted by Gasteiger charge is 2.69. The second-order valence-corrected chi connectivity index (χ2v) is 29.4. The van der Waals surface area contributed by atoms with Crippen molar-refractivity contribution in [2.45, 2.75) is 115 Å². The van der Waals surface area contributed by atoms with E-state index in [1.54, 1.807) is 0 Å². The van der Waals surface area contributed by atoms with Crippen molar-refractivity contribution < 1.29 is 4.11 Å². The van der Waals surface area contributed by atoms with Crippen LogP contribution in [0.1, 0.15) is 62.3 Å². The Bertz CT molecular complexity index is 331. The lowest BCUT2D eigenvalue weighted by Gasteiger charge is -2.67. The van der Waals surface area contributed by atoms with Crippen LogP contribution in [0.4, 0.5) is 4.11 Å². The van der Waals surface area contributed by atoms with E-state index in [2.05, 4.69) is 82.0 Å². The fraction of sp³-hybridized carbons (Fsp3) is 1.00. The second kappa shape index (κ2) is 5.83. The standard InChI is InChI=1S/C18H43FSi3/c1-16(2,3)22(17(4,5)6,18(7,8)9)15(20(10,11)12)21(13,14)19/h15H,1-14H3. The van der Waals surface area contributed by atoms with Crippen molar-refractivity contribution in [1.29, 1.82) is 0 Å². The lowest BCUT2D eigenvalue weighted by Crippen LogP contribution is -2.70. The van der Waals surface area contributed by atoms with Crippen molar-refractivity contribution in [3.63, 3.8) is 0 Å². The molecule has 0 aromatic rings. The van der Waals surface area contributed by atoms with Gasteiger partial charge in [0.2, 0.25) is 8.41 Å². The van der Waals surface area contributed by atoms with Crippen LogP contribution in [-0.2, 0) is 0 Å². The van der Waals surface area contributed by atoms with Gasteiger partial charge < -0.3 is 4.11 Å². The zero-order valence-corrected chi connectivity index (χ0v) is 21.0. The summed E-state index contributed by atoms with van der Waals surface area (Å²) in [5, 5.41) is 0.556. The molecule has 134 valence electrons. The molecule has 0 saturated heterocycles. The molecule has 0 spiro atoms. The minimum absolute atomic E-state index is 0.185. The van der Waals surface area contributed by atoms with Gasteiger partial charge in [-0.2, -0.15) is 0 Å². The molecule has 0 nitrogen and oxygen atoms in total. The van der Waals surface area contributed by atoms with E-state index in [1.165, 1.54) is 0 Å². The molecule has 0 heterocycles. The summed E-state index contributed by atoms with van der Waals surface area (Å²) in [6, 6.07) is 0. The molecular formula is C18H43FSi3. The summed E-state index contributed by atoms with van der Waals surface area (Å²) in [5.41, 5.74) is 0. The average Bonchev–Trinajstić information content (AvgIpc) is 2.02. The highest BCUT2D eigenvalue weighted by atomic mass is 28.5. The Morgan fingerprint density at radius 1 is 0.591 bits per heavy atom. The maximum Gasteiger partial charge on any atom is 0.238 e. The Kier molecular flexibility index (Phi) is 5.99. The van der Waals surface area contributed by atoms with Gasteiger partial charge in [-0.05, 0) is 33.0 Å². The summed E-state index contributed by atoms with van der Waals surface area (Å²) in [6.45, 7) is 32.9. The molecule has 0 N–H and O–H groups in total. The monoisotopic (exact) mass is 362 g/mol. The van der Waals surface area contributed by atoms with Crippen LogP contribution in [0.25, 0.3) is 0 Å². The van der Waals surface area contributed by atoms with Gasteiger partial charge in [0, 0.05) is 8.07 Å². The van der Waals surface area contributed by atoms with Gasteiger partial charge in [0.25, 0.3) is 0 Å². The van der Waals surface area contributed by atoms with Crippen LogP contribution in [0.2, 0.25) is 52.6 Å². The van der Waals surface area contributed by atoms with E-state index < -0.39 is 24.6 Å². The van der Waals surface area contributed by atoms with E-state index in [9.17, 15) is 0 Å². The normalized spacial score (nSPS) is 17.6. The lowest BCUT2D eigenvalue weighted by molar-refractivity contribution is 0.524. The predicted molar refractivity (Wildman–Crippen MR) is 111 cm³/mol. The van der Waals surface area contributed by atoms with E-state index in [0.29, 0.717) is 4.79 Å². The maximum atomic E-state index is 15.8. The summed E-state index contributed by atoms with van der Waals surface area (Å²) in [7, 11) is -6.45. The van der Waals surface area contributed by atoms with Gasteiger partial charge in [-0.15, -0.1) is 0 Å². The Morgan fingerprint density at radius 3 is 0.864 bits per heavy atom. The van der Waals surface area contributed by atoms with Crippen molar-refractivity contribution in [3.8, 4) is 0 Å². The van der Waals surface area contributed by atoms with E-state index in [0.717, 1.165) is 0 Å². The van der Waals surface area contributed by atoms with Gasteiger partial charge in [0.1, 0.15) is 0 Å². The molecule has 0 saturated carbocycles. The molecule has 0 bridgehead atoms. The fourth-order valence-electron chi connectivity index (χ4n) is 6.87. The first-order valence-corrected chi connectivity index (χ1v) is 17.4. The summed E-state index contributed by atoms with van der Waals surface area (Å²) in [4.78, 5) is 0.354. The topological polar surface area (TPSA) is 0 Å². The molecule has 0 amide bonds. The van der Waals surface area contributed by atoms with Crippen LogP contribution in [0.5, 0.6) is 0 Å². The molecule has 0 aliphatic rings. The van der Waals surface area contributed by atoms with Crippen LogP contribution in [0.15, 0.2) is 0 Å². The summed E-state index contributed by atoms with van der Waals surface area (Å²) >= 11 is 0. The molecule has 0 aliphatic carbocycles. The number of halogens is 1. The zero-order valence-electron chi connectivity index (χ0n) is 18.0. The van der Waals surface area contributed by atoms with Crippen LogP contribution in [0.3, 0.4) is 0 Å². The molecule has 0 aromatic heterocycles.